The lowest BCUT2D eigenvalue weighted by molar-refractivity contribution is 0.243. The maximum atomic E-state index is 12.4. The van der Waals surface area contributed by atoms with Crippen LogP contribution in [0.1, 0.15) is 12.8 Å². The minimum Gasteiger partial charge on any atom is -0.307 e. The third kappa shape index (κ3) is 2.12. The Kier molecular flexibility index (Phi) is 2.96. The van der Waals surface area contributed by atoms with Crippen molar-refractivity contribution in [3.63, 3.8) is 0 Å². The summed E-state index contributed by atoms with van der Waals surface area (Å²) in [5.41, 5.74) is 0.125. The van der Waals surface area contributed by atoms with Gasteiger partial charge in [-0.05, 0) is 36.8 Å². The van der Waals surface area contributed by atoms with Gasteiger partial charge in [-0.3, -0.25) is 9.36 Å². The SMILES string of the molecule is O=c1[nH]c2ccccc2c(=O)n1CCN1CC2CCC2C1. The summed E-state index contributed by atoms with van der Waals surface area (Å²) < 4.78 is 1.34. The molecule has 5 heteroatoms. The van der Waals surface area contributed by atoms with Gasteiger partial charge in [-0.15, -0.1) is 0 Å². The molecule has 0 radical (unpaired) electrons. The highest BCUT2D eigenvalue weighted by Crippen LogP contribution is 2.40. The van der Waals surface area contributed by atoms with Crippen LogP contribution in [-0.2, 0) is 6.54 Å². The highest BCUT2D eigenvalue weighted by molar-refractivity contribution is 5.76. The summed E-state index contributed by atoms with van der Waals surface area (Å²) in [6, 6.07) is 7.17. The monoisotopic (exact) mass is 285 g/mol. The largest absolute Gasteiger partial charge is 0.328 e. The van der Waals surface area contributed by atoms with Gasteiger partial charge in [0.1, 0.15) is 0 Å². The molecule has 1 aromatic heterocycles. The second-order valence-corrected chi connectivity index (χ2v) is 6.29. The van der Waals surface area contributed by atoms with Gasteiger partial charge in [0.2, 0.25) is 0 Å². The first-order chi connectivity index (χ1) is 10.2. The third-order valence-electron chi connectivity index (χ3n) is 5.09. The van der Waals surface area contributed by atoms with E-state index in [-0.39, 0.29) is 11.2 Å². The van der Waals surface area contributed by atoms with Crippen molar-refractivity contribution in [3.05, 3.63) is 45.1 Å². The molecule has 110 valence electrons. The molecule has 2 fully saturated rings. The number of rotatable bonds is 3. The lowest BCUT2D eigenvalue weighted by Gasteiger charge is -2.28. The summed E-state index contributed by atoms with van der Waals surface area (Å²) >= 11 is 0. The lowest BCUT2D eigenvalue weighted by Crippen LogP contribution is -2.38. The molecule has 21 heavy (non-hydrogen) atoms. The number of nitrogens with zero attached hydrogens (tertiary/aromatic N) is 2. The molecule has 0 bridgehead atoms. The number of nitrogens with one attached hydrogen (secondary N) is 1. The molecule has 4 rings (SSSR count). The van der Waals surface area contributed by atoms with E-state index in [1.165, 1.54) is 17.4 Å². The zero-order chi connectivity index (χ0) is 14.4. The molecule has 2 atom stereocenters. The van der Waals surface area contributed by atoms with Crippen molar-refractivity contribution in [2.75, 3.05) is 19.6 Å². The van der Waals surface area contributed by atoms with Gasteiger partial charge in [0.15, 0.2) is 0 Å². The second-order valence-electron chi connectivity index (χ2n) is 6.29. The Morgan fingerprint density at radius 3 is 2.48 bits per heavy atom. The van der Waals surface area contributed by atoms with Gasteiger partial charge in [0, 0.05) is 26.2 Å². The number of aromatic nitrogens is 2. The number of aromatic amines is 1. The Balaban J connectivity index is 1.58. The topological polar surface area (TPSA) is 58.1 Å². The second kappa shape index (κ2) is 4.84. The van der Waals surface area contributed by atoms with Crippen LogP contribution in [0.25, 0.3) is 10.9 Å². The molecule has 0 spiro atoms. The molecule has 5 nitrogen and oxygen atoms in total. The Labute approximate surface area is 122 Å². The fraction of sp³-hybridized carbons (Fsp3) is 0.500. The van der Waals surface area contributed by atoms with E-state index in [9.17, 15) is 9.59 Å². The Hall–Kier alpha value is -1.88. The summed E-state index contributed by atoms with van der Waals surface area (Å²) in [6.45, 7) is 3.52. The minimum atomic E-state index is -0.305. The normalized spacial score (nSPS) is 25.0. The van der Waals surface area contributed by atoms with Crippen molar-refractivity contribution in [1.29, 1.82) is 0 Å². The summed E-state index contributed by atoms with van der Waals surface area (Å²) in [6.07, 6.45) is 2.69. The van der Waals surface area contributed by atoms with Gasteiger partial charge < -0.3 is 9.88 Å². The van der Waals surface area contributed by atoms with Crippen molar-refractivity contribution in [1.82, 2.24) is 14.5 Å². The van der Waals surface area contributed by atoms with Gasteiger partial charge in [-0.2, -0.15) is 0 Å². The zero-order valence-corrected chi connectivity index (χ0v) is 11.9. The van der Waals surface area contributed by atoms with E-state index in [1.807, 2.05) is 12.1 Å². The maximum absolute atomic E-state index is 12.4. The number of benzene rings is 1. The number of H-pyrrole nitrogens is 1. The number of likely N-dealkylation sites (tertiary alicyclic amines) is 1. The summed E-state index contributed by atoms with van der Waals surface area (Å²) in [5, 5.41) is 0.582. The van der Waals surface area contributed by atoms with Crippen LogP contribution in [0.3, 0.4) is 0 Å². The van der Waals surface area contributed by atoms with E-state index in [0.717, 1.165) is 31.5 Å². The van der Waals surface area contributed by atoms with Gasteiger partial charge in [-0.1, -0.05) is 12.1 Å². The molecular weight excluding hydrogens is 266 g/mol. The molecule has 2 heterocycles. The zero-order valence-electron chi connectivity index (χ0n) is 11.9. The van der Waals surface area contributed by atoms with Crippen LogP contribution in [0.2, 0.25) is 0 Å². The van der Waals surface area contributed by atoms with Crippen LogP contribution in [0.5, 0.6) is 0 Å². The maximum Gasteiger partial charge on any atom is 0.328 e. The molecule has 2 aromatic rings. The van der Waals surface area contributed by atoms with Crippen LogP contribution in [-0.4, -0.2) is 34.1 Å². The van der Waals surface area contributed by atoms with Crippen molar-refractivity contribution < 1.29 is 0 Å². The fourth-order valence-corrected chi connectivity index (χ4v) is 3.68. The van der Waals surface area contributed by atoms with E-state index in [1.54, 1.807) is 12.1 Å². The van der Waals surface area contributed by atoms with Gasteiger partial charge in [0.25, 0.3) is 5.56 Å². The lowest BCUT2D eigenvalue weighted by atomic mass is 9.77. The third-order valence-corrected chi connectivity index (χ3v) is 5.09. The molecule has 2 aliphatic rings. The first kappa shape index (κ1) is 12.8. The summed E-state index contributed by atoms with van der Waals surface area (Å²) in [7, 11) is 0. The van der Waals surface area contributed by atoms with Crippen molar-refractivity contribution >= 4 is 10.9 Å². The standard InChI is InChI=1S/C16H19N3O2/c20-15-13-3-1-2-4-14(13)17-16(21)19(15)8-7-18-9-11-5-6-12(11)10-18/h1-4,11-12H,5-10H2,(H,17,21). The molecule has 2 unspecified atom stereocenters. The first-order valence-corrected chi connectivity index (χ1v) is 7.66. The molecule has 1 aliphatic carbocycles. The smallest absolute Gasteiger partial charge is 0.307 e. The van der Waals surface area contributed by atoms with E-state index in [0.29, 0.717) is 17.4 Å². The van der Waals surface area contributed by atoms with Crippen LogP contribution in [0, 0.1) is 11.8 Å². The van der Waals surface area contributed by atoms with Crippen molar-refractivity contribution in [2.24, 2.45) is 11.8 Å². The highest BCUT2D eigenvalue weighted by atomic mass is 16.2. The summed E-state index contributed by atoms with van der Waals surface area (Å²) in [4.78, 5) is 29.7. The molecule has 1 saturated carbocycles. The molecule has 0 amide bonds. The number of hydrogen-bond acceptors (Lipinski definition) is 3. The molecular formula is C16H19N3O2. The van der Waals surface area contributed by atoms with Gasteiger partial charge in [0.05, 0.1) is 10.9 Å². The number of para-hydroxylation sites is 1. The Morgan fingerprint density at radius 1 is 1.05 bits per heavy atom. The predicted molar refractivity (Wildman–Crippen MR) is 81.5 cm³/mol. The van der Waals surface area contributed by atoms with Gasteiger partial charge >= 0.3 is 5.69 Å². The average Bonchev–Trinajstić information content (AvgIpc) is 2.74. The number of hydrogen-bond donors (Lipinski definition) is 1. The van der Waals surface area contributed by atoms with Crippen molar-refractivity contribution in [2.45, 2.75) is 19.4 Å². The first-order valence-electron chi connectivity index (χ1n) is 7.66. The van der Waals surface area contributed by atoms with Crippen molar-refractivity contribution in [3.8, 4) is 0 Å². The molecule has 1 aromatic carbocycles. The minimum absolute atomic E-state index is 0.184. The fourth-order valence-electron chi connectivity index (χ4n) is 3.68. The predicted octanol–water partition coefficient (Wildman–Crippen LogP) is 1.03. The van der Waals surface area contributed by atoms with E-state index >= 15 is 0 Å². The van der Waals surface area contributed by atoms with E-state index in [2.05, 4.69) is 9.88 Å². The van der Waals surface area contributed by atoms with Crippen LogP contribution in [0.4, 0.5) is 0 Å². The molecule has 1 saturated heterocycles. The Bertz CT molecular complexity index is 780. The van der Waals surface area contributed by atoms with Gasteiger partial charge in [-0.25, -0.2) is 4.79 Å². The van der Waals surface area contributed by atoms with Crippen LogP contribution >= 0.6 is 0 Å². The average molecular weight is 285 g/mol. The van der Waals surface area contributed by atoms with Crippen LogP contribution < -0.4 is 11.2 Å². The highest BCUT2D eigenvalue weighted by Gasteiger charge is 2.38. The molecule has 1 N–H and O–H groups in total. The van der Waals surface area contributed by atoms with E-state index in [4.69, 9.17) is 0 Å². The quantitative estimate of drug-likeness (QED) is 0.916. The Morgan fingerprint density at radius 2 is 1.76 bits per heavy atom. The summed E-state index contributed by atoms with van der Waals surface area (Å²) in [5.74, 6) is 1.72. The van der Waals surface area contributed by atoms with E-state index < -0.39 is 0 Å². The number of fused-ring (bicyclic) bond motifs is 2. The van der Waals surface area contributed by atoms with Crippen LogP contribution in [0.15, 0.2) is 33.9 Å². The molecule has 1 aliphatic heterocycles.